The van der Waals surface area contributed by atoms with Crippen LogP contribution in [0.2, 0.25) is 0 Å². The summed E-state index contributed by atoms with van der Waals surface area (Å²) in [5, 5.41) is 0. The van der Waals surface area contributed by atoms with E-state index in [9.17, 15) is 0 Å². The third-order valence-corrected chi connectivity index (χ3v) is 5.95. The van der Waals surface area contributed by atoms with Gasteiger partial charge in [0.25, 0.3) is 0 Å². The number of rotatable bonds is 3. The van der Waals surface area contributed by atoms with E-state index in [4.69, 9.17) is 4.74 Å². The minimum Gasteiger partial charge on any atom is -0.381 e. The molecule has 0 bridgehead atoms. The van der Waals surface area contributed by atoms with Crippen molar-refractivity contribution >= 4 is 0 Å². The number of likely N-dealkylation sites (tertiary alicyclic amines) is 1. The minimum atomic E-state index is 0.721. The zero-order valence-corrected chi connectivity index (χ0v) is 13.5. The molecule has 2 aliphatic heterocycles. The van der Waals surface area contributed by atoms with Crippen molar-refractivity contribution in [2.75, 3.05) is 26.3 Å². The number of fused-ring (bicyclic) bond motifs is 1. The highest BCUT2D eigenvalue weighted by molar-refractivity contribution is 5.28. The molecule has 1 aliphatic carbocycles. The summed E-state index contributed by atoms with van der Waals surface area (Å²) in [7, 11) is 0. The molecule has 22 heavy (non-hydrogen) atoms. The fourth-order valence-corrected chi connectivity index (χ4v) is 4.77. The monoisotopic (exact) mass is 300 g/mol. The van der Waals surface area contributed by atoms with Crippen LogP contribution in [-0.2, 0) is 11.2 Å². The first kappa shape index (κ1) is 14.6. The maximum absolute atomic E-state index is 5.62. The van der Waals surface area contributed by atoms with E-state index in [1.54, 1.807) is 0 Å². The van der Waals surface area contributed by atoms with Crippen LogP contribution in [0.5, 0.6) is 0 Å². The standard InChI is InChI=1S/C19H28N2O/c1-3-16-5-6-17(19(16)20-9-1)13-15-7-10-21(14-15)18-4-2-11-22-12-8-18/h1,3,9,15,17-18H,2,4-8,10-14H2/t15-,17?,18?/m0/s1. The molecule has 2 saturated heterocycles. The maximum atomic E-state index is 5.62. The molecule has 0 radical (unpaired) electrons. The lowest BCUT2D eigenvalue weighted by atomic mass is 9.92. The summed E-state index contributed by atoms with van der Waals surface area (Å²) in [4.78, 5) is 7.43. The molecule has 3 heteroatoms. The van der Waals surface area contributed by atoms with Crippen molar-refractivity contribution in [3.05, 3.63) is 29.6 Å². The van der Waals surface area contributed by atoms with E-state index in [2.05, 4.69) is 22.0 Å². The second-order valence-electron chi connectivity index (χ2n) is 7.37. The lowest BCUT2D eigenvalue weighted by Gasteiger charge is -2.26. The summed E-state index contributed by atoms with van der Waals surface area (Å²) >= 11 is 0. The Morgan fingerprint density at radius 1 is 1.18 bits per heavy atom. The van der Waals surface area contributed by atoms with Gasteiger partial charge in [-0.3, -0.25) is 4.98 Å². The topological polar surface area (TPSA) is 25.4 Å². The first-order valence-corrected chi connectivity index (χ1v) is 9.16. The van der Waals surface area contributed by atoms with Gasteiger partial charge in [-0.05, 0) is 69.0 Å². The fourth-order valence-electron chi connectivity index (χ4n) is 4.77. The van der Waals surface area contributed by atoms with Gasteiger partial charge in [0.15, 0.2) is 0 Å². The maximum Gasteiger partial charge on any atom is 0.0480 e. The summed E-state index contributed by atoms with van der Waals surface area (Å²) in [6.07, 6.45) is 11.1. The van der Waals surface area contributed by atoms with Crippen molar-refractivity contribution in [3.63, 3.8) is 0 Å². The molecule has 0 N–H and O–H groups in total. The van der Waals surface area contributed by atoms with Gasteiger partial charge in [0.2, 0.25) is 0 Å². The minimum absolute atomic E-state index is 0.721. The van der Waals surface area contributed by atoms with Crippen LogP contribution in [-0.4, -0.2) is 42.2 Å². The van der Waals surface area contributed by atoms with E-state index in [0.29, 0.717) is 0 Å². The Morgan fingerprint density at radius 3 is 3.18 bits per heavy atom. The molecule has 0 aromatic carbocycles. The van der Waals surface area contributed by atoms with Gasteiger partial charge in [-0.15, -0.1) is 0 Å². The van der Waals surface area contributed by atoms with E-state index in [-0.39, 0.29) is 0 Å². The number of hydrogen-bond donors (Lipinski definition) is 0. The molecule has 1 aromatic rings. The van der Waals surface area contributed by atoms with E-state index in [0.717, 1.165) is 31.1 Å². The van der Waals surface area contributed by atoms with Gasteiger partial charge in [0, 0.05) is 43.6 Å². The third-order valence-electron chi connectivity index (χ3n) is 5.95. The highest BCUT2D eigenvalue weighted by atomic mass is 16.5. The Morgan fingerprint density at radius 2 is 2.18 bits per heavy atom. The Balaban J connectivity index is 1.34. The van der Waals surface area contributed by atoms with Crippen LogP contribution < -0.4 is 0 Å². The van der Waals surface area contributed by atoms with Crippen LogP contribution in [0.25, 0.3) is 0 Å². The third kappa shape index (κ3) is 3.07. The van der Waals surface area contributed by atoms with Gasteiger partial charge in [-0.25, -0.2) is 0 Å². The van der Waals surface area contributed by atoms with Crippen molar-refractivity contribution in [1.29, 1.82) is 0 Å². The zero-order chi connectivity index (χ0) is 14.8. The fraction of sp³-hybridized carbons (Fsp3) is 0.737. The lowest BCUT2D eigenvalue weighted by Crippen LogP contribution is -2.33. The summed E-state index contributed by atoms with van der Waals surface area (Å²) < 4.78 is 5.62. The number of aromatic nitrogens is 1. The second-order valence-corrected chi connectivity index (χ2v) is 7.37. The first-order valence-electron chi connectivity index (χ1n) is 9.16. The molecule has 0 spiro atoms. The highest BCUT2D eigenvalue weighted by Crippen LogP contribution is 2.38. The van der Waals surface area contributed by atoms with Crippen LogP contribution in [0.15, 0.2) is 18.3 Å². The average Bonchev–Trinajstić information content (AvgIpc) is 3.08. The molecule has 120 valence electrons. The smallest absolute Gasteiger partial charge is 0.0480 e. The highest BCUT2D eigenvalue weighted by Gasteiger charge is 2.32. The molecule has 3 atom stereocenters. The zero-order valence-electron chi connectivity index (χ0n) is 13.5. The molecule has 3 aliphatic rings. The lowest BCUT2D eigenvalue weighted by molar-refractivity contribution is 0.134. The summed E-state index contributed by atoms with van der Waals surface area (Å²) in [6.45, 7) is 4.55. The van der Waals surface area contributed by atoms with Gasteiger partial charge in [-0.1, -0.05) is 6.07 Å². The largest absolute Gasteiger partial charge is 0.381 e. The van der Waals surface area contributed by atoms with Crippen molar-refractivity contribution in [3.8, 4) is 0 Å². The van der Waals surface area contributed by atoms with E-state index in [1.165, 1.54) is 69.3 Å². The predicted molar refractivity (Wildman–Crippen MR) is 88.1 cm³/mol. The van der Waals surface area contributed by atoms with Crippen LogP contribution >= 0.6 is 0 Å². The Labute approximate surface area is 134 Å². The number of ether oxygens (including phenoxy) is 1. The average molecular weight is 300 g/mol. The quantitative estimate of drug-likeness (QED) is 0.855. The number of aryl methyl sites for hydroxylation is 1. The van der Waals surface area contributed by atoms with E-state index >= 15 is 0 Å². The SMILES string of the molecule is c1cnc2c(c1)CCC2C[C@@H]1CCN(C2CCCOCC2)C1. The molecule has 3 heterocycles. The van der Waals surface area contributed by atoms with Crippen molar-refractivity contribution in [2.45, 2.75) is 56.9 Å². The van der Waals surface area contributed by atoms with Gasteiger partial charge >= 0.3 is 0 Å². The number of hydrogen-bond acceptors (Lipinski definition) is 3. The van der Waals surface area contributed by atoms with Crippen LogP contribution in [0.1, 0.15) is 55.7 Å². The molecule has 4 rings (SSSR count). The summed E-state index contributed by atoms with van der Waals surface area (Å²) in [5.74, 6) is 1.60. The summed E-state index contributed by atoms with van der Waals surface area (Å²) in [6, 6.07) is 5.14. The van der Waals surface area contributed by atoms with Gasteiger partial charge < -0.3 is 9.64 Å². The first-order chi connectivity index (χ1) is 10.9. The Kier molecular flexibility index (Phi) is 4.44. The number of nitrogens with zero attached hydrogens (tertiary/aromatic N) is 2. The van der Waals surface area contributed by atoms with Gasteiger partial charge in [0.05, 0.1) is 0 Å². The summed E-state index contributed by atoms with van der Waals surface area (Å²) in [5.41, 5.74) is 2.91. The molecule has 2 unspecified atom stereocenters. The van der Waals surface area contributed by atoms with Crippen molar-refractivity contribution in [2.24, 2.45) is 5.92 Å². The van der Waals surface area contributed by atoms with Crippen LogP contribution in [0.4, 0.5) is 0 Å². The Hall–Kier alpha value is -0.930. The van der Waals surface area contributed by atoms with Gasteiger partial charge in [-0.2, -0.15) is 0 Å². The molecule has 0 amide bonds. The molecular weight excluding hydrogens is 272 g/mol. The molecular formula is C19H28N2O. The van der Waals surface area contributed by atoms with E-state index < -0.39 is 0 Å². The molecule has 1 aromatic heterocycles. The van der Waals surface area contributed by atoms with Crippen molar-refractivity contribution in [1.82, 2.24) is 9.88 Å². The second kappa shape index (κ2) is 6.67. The van der Waals surface area contributed by atoms with E-state index in [1.807, 2.05) is 6.20 Å². The van der Waals surface area contributed by atoms with Crippen LogP contribution in [0.3, 0.4) is 0 Å². The predicted octanol–water partition coefficient (Wildman–Crippen LogP) is 3.39. The molecule has 0 saturated carbocycles. The Bertz CT molecular complexity index is 496. The van der Waals surface area contributed by atoms with Gasteiger partial charge in [0.1, 0.15) is 0 Å². The molecule has 3 nitrogen and oxygen atoms in total. The van der Waals surface area contributed by atoms with Crippen LogP contribution in [0, 0.1) is 5.92 Å². The normalized spacial score (nSPS) is 32.8. The van der Waals surface area contributed by atoms with Crippen molar-refractivity contribution < 1.29 is 4.74 Å². The molecule has 2 fully saturated rings. The number of pyridine rings is 1.